The van der Waals surface area contributed by atoms with Gasteiger partial charge in [-0.1, -0.05) is 445 Å². The van der Waals surface area contributed by atoms with E-state index in [9.17, 15) is 0 Å². The van der Waals surface area contributed by atoms with Crippen LogP contribution in [0.15, 0.2) is 473 Å². The lowest BCUT2D eigenvalue weighted by Crippen LogP contribution is -2.14. The van der Waals surface area contributed by atoms with Gasteiger partial charge in [0.1, 0.15) is 0 Å². The third-order valence-corrected chi connectivity index (χ3v) is 26.5. The number of benzene rings is 24. The van der Waals surface area contributed by atoms with E-state index in [2.05, 4.69) is 487 Å². The van der Waals surface area contributed by atoms with Crippen molar-refractivity contribution in [3.05, 3.63) is 484 Å². The van der Waals surface area contributed by atoms with E-state index in [0.29, 0.717) is 0 Å². The van der Waals surface area contributed by atoms with E-state index in [0.717, 1.165) is 0 Å². The van der Waals surface area contributed by atoms with Crippen LogP contribution in [0.1, 0.15) is 25.0 Å². The fourth-order valence-electron chi connectivity index (χ4n) is 20.6. The molecule has 25 rings (SSSR count). The lowest BCUT2D eigenvalue weighted by molar-refractivity contribution is 0.660. The second kappa shape index (κ2) is 31.0. The Morgan fingerprint density at radius 2 is 0.384 bits per heavy atom. The van der Waals surface area contributed by atoms with E-state index in [1.54, 1.807) is 0 Å². The van der Waals surface area contributed by atoms with Crippen LogP contribution < -0.4 is 0 Å². The van der Waals surface area contributed by atoms with Crippen LogP contribution in [0.3, 0.4) is 0 Å². The molecule has 0 radical (unpaired) electrons. The molecule has 0 spiro atoms. The minimum absolute atomic E-state index is 0.0548. The summed E-state index contributed by atoms with van der Waals surface area (Å²) in [6.07, 6.45) is 0. The zero-order valence-electron chi connectivity index (χ0n) is 69.5. The summed E-state index contributed by atoms with van der Waals surface area (Å²) in [4.78, 5) is 0. The van der Waals surface area contributed by atoms with Crippen LogP contribution in [0.5, 0.6) is 0 Å². The third kappa shape index (κ3) is 13.0. The number of rotatable bonds is 9. The molecule has 0 nitrogen and oxygen atoms in total. The minimum Gasteiger partial charge on any atom is -0.0622 e. The van der Waals surface area contributed by atoms with Gasteiger partial charge in [-0.2, -0.15) is 0 Å². The maximum absolute atomic E-state index is 2.47. The lowest BCUT2D eigenvalue weighted by atomic mass is 9.80. The molecular formula is C125H84. The van der Waals surface area contributed by atoms with E-state index in [-0.39, 0.29) is 5.41 Å². The molecule has 0 atom stereocenters. The number of hydrogen-bond donors (Lipinski definition) is 0. The molecule has 0 heteroatoms. The van der Waals surface area contributed by atoms with Crippen LogP contribution in [0, 0.1) is 0 Å². The minimum atomic E-state index is -0.0548. The molecular weight excluding hydrogens is 1500 g/mol. The van der Waals surface area contributed by atoms with Crippen LogP contribution in [0.25, 0.3) is 230 Å². The Morgan fingerprint density at radius 1 is 0.120 bits per heavy atom. The normalized spacial score (nSPS) is 12.1. The summed E-state index contributed by atoms with van der Waals surface area (Å²) in [5.41, 5.74) is 28.2. The highest BCUT2D eigenvalue weighted by Crippen LogP contribution is 2.54. The Kier molecular flexibility index (Phi) is 18.4. The first-order valence-electron chi connectivity index (χ1n) is 43.6. The van der Waals surface area contributed by atoms with Crippen molar-refractivity contribution >= 4 is 118 Å². The first-order chi connectivity index (χ1) is 61.8. The summed E-state index contributed by atoms with van der Waals surface area (Å²) in [5, 5.41) is 28.0. The fourth-order valence-corrected chi connectivity index (χ4v) is 20.6. The third-order valence-electron chi connectivity index (χ3n) is 26.5. The monoisotopic (exact) mass is 1580 g/mol. The zero-order valence-corrected chi connectivity index (χ0v) is 69.5. The lowest BCUT2D eigenvalue weighted by Gasteiger charge is -2.23. The van der Waals surface area contributed by atoms with Crippen molar-refractivity contribution in [3.8, 4) is 111 Å². The first kappa shape index (κ1) is 74.2. The molecule has 0 aliphatic heterocycles. The highest BCUT2D eigenvalue weighted by molar-refractivity contribution is 6.27. The molecule has 0 fully saturated rings. The Bertz CT molecular complexity index is 8410. The van der Waals surface area contributed by atoms with Crippen molar-refractivity contribution in [2.45, 2.75) is 19.3 Å². The summed E-state index contributed by atoms with van der Waals surface area (Å²) < 4.78 is 0. The SMILES string of the molecule is CC1(C)c2ccccc2-c2ccc(-c3c4ccccc4c(-c4ccccc4)c4cc(-c5ccc6ccccc6c5)ccc34)cc21.c1ccc(-c2c3ccccc3c(-c3ccc4ccccc4c3)c3ccc(-c4ccc5ccccc5c4)cc23)cc1.c1ccc(-c2c3ccccc3c(-c3cccc4ccccc34)c3ccc(-c4cccc5ccccc45)cc23)cc1. The van der Waals surface area contributed by atoms with E-state index in [4.69, 9.17) is 0 Å². The number of hydrogen-bond acceptors (Lipinski definition) is 0. The molecule has 0 heterocycles. The summed E-state index contributed by atoms with van der Waals surface area (Å²) >= 11 is 0. The second-order valence-corrected chi connectivity index (χ2v) is 33.9. The summed E-state index contributed by atoms with van der Waals surface area (Å²) in [5.74, 6) is 0. The van der Waals surface area contributed by atoms with E-state index < -0.39 is 0 Å². The Labute approximate surface area is 728 Å². The predicted molar refractivity (Wildman–Crippen MR) is 538 cm³/mol. The van der Waals surface area contributed by atoms with Gasteiger partial charge in [-0.15, -0.1) is 0 Å². The van der Waals surface area contributed by atoms with Gasteiger partial charge >= 0.3 is 0 Å². The topological polar surface area (TPSA) is 0 Å². The molecule has 0 N–H and O–H groups in total. The second-order valence-electron chi connectivity index (χ2n) is 33.9. The van der Waals surface area contributed by atoms with Crippen LogP contribution in [0.4, 0.5) is 0 Å². The quantitative estimate of drug-likeness (QED) is 0.126. The molecule has 0 aromatic heterocycles. The van der Waals surface area contributed by atoms with E-state index in [1.807, 2.05) is 0 Å². The largest absolute Gasteiger partial charge is 0.0622 e. The zero-order chi connectivity index (χ0) is 83.1. The Hall–Kier alpha value is -15.9. The summed E-state index contributed by atoms with van der Waals surface area (Å²) in [6, 6.07) is 174. The fraction of sp³-hybridized carbons (Fsp3) is 0.0240. The smallest absolute Gasteiger partial charge is 0.0159 e. The number of fused-ring (bicyclic) bond motifs is 14. The van der Waals surface area contributed by atoms with Gasteiger partial charge in [0.25, 0.3) is 0 Å². The average molecular weight is 1590 g/mol. The van der Waals surface area contributed by atoms with Gasteiger partial charge in [0, 0.05) is 5.41 Å². The maximum atomic E-state index is 2.47. The van der Waals surface area contributed by atoms with Gasteiger partial charge in [0.15, 0.2) is 0 Å². The first-order valence-corrected chi connectivity index (χ1v) is 43.6. The highest BCUT2D eigenvalue weighted by atomic mass is 14.4. The van der Waals surface area contributed by atoms with E-state index in [1.165, 1.54) is 241 Å². The highest BCUT2D eigenvalue weighted by Gasteiger charge is 2.36. The average Bonchev–Trinajstić information content (AvgIpc) is 1.71. The molecule has 1 aliphatic carbocycles. The van der Waals surface area contributed by atoms with Gasteiger partial charge in [0.05, 0.1) is 0 Å². The molecule has 1 aliphatic rings. The molecule has 0 bridgehead atoms. The van der Waals surface area contributed by atoms with Crippen molar-refractivity contribution in [1.29, 1.82) is 0 Å². The van der Waals surface area contributed by atoms with Gasteiger partial charge in [-0.3, -0.25) is 0 Å². The maximum Gasteiger partial charge on any atom is 0.0159 e. The predicted octanol–water partition coefficient (Wildman–Crippen LogP) is 35.1. The summed E-state index contributed by atoms with van der Waals surface area (Å²) in [7, 11) is 0. The van der Waals surface area contributed by atoms with Crippen molar-refractivity contribution in [2.75, 3.05) is 0 Å². The molecule has 125 heavy (non-hydrogen) atoms. The Morgan fingerprint density at radius 3 is 0.840 bits per heavy atom. The van der Waals surface area contributed by atoms with Gasteiger partial charge in [-0.05, 0) is 283 Å². The summed E-state index contributed by atoms with van der Waals surface area (Å²) in [6.45, 7) is 4.73. The van der Waals surface area contributed by atoms with Crippen LogP contribution in [-0.2, 0) is 5.41 Å². The van der Waals surface area contributed by atoms with Gasteiger partial charge < -0.3 is 0 Å². The van der Waals surface area contributed by atoms with Crippen LogP contribution in [-0.4, -0.2) is 0 Å². The van der Waals surface area contributed by atoms with Crippen molar-refractivity contribution < 1.29 is 0 Å². The van der Waals surface area contributed by atoms with Gasteiger partial charge in [-0.25, -0.2) is 0 Å². The van der Waals surface area contributed by atoms with E-state index >= 15 is 0 Å². The van der Waals surface area contributed by atoms with Crippen molar-refractivity contribution in [1.82, 2.24) is 0 Å². The molecule has 0 saturated heterocycles. The molecule has 24 aromatic rings. The van der Waals surface area contributed by atoms with Gasteiger partial charge in [0.2, 0.25) is 0 Å². The molecule has 0 unspecified atom stereocenters. The van der Waals surface area contributed by atoms with Crippen LogP contribution >= 0.6 is 0 Å². The molecule has 24 aromatic carbocycles. The Balaban J connectivity index is 0.000000108. The molecule has 0 saturated carbocycles. The van der Waals surface area contributed by atoms with Crippen molar-refractivity contribution in [2.24, 2.45) is 0 Å². The standard InChI is InChI=1S/C45H32.2C40H26/c1-45(2)41-19-11-10-16-35(41)36-24-23-34(28-42(36)45)44-38-18-9-8-17-37(38)43(30-13-4-3-5-14-30)40-27-33(22-25-39(40)44)32-21-20-29-12-6-7-15-31(29)26-32;1-2-14-29(15-3-1)39-35-20-8-9-21-36(35)40(34-23-11-17-28-13-5-7-19-32(28)34)37-25-24-30(26-38(37)39)33-22-10-16-27-12-4-6-18-31(27)33;1-2-12-29(13-3-1)39-35-16-8-9-17-36(35)40(34-21-19-28-11-5-7-15-31(28)25-34)37-23-22-33(26-38(37)39)32-20-18-27-10-4-6-14-30(27)24-32/h3-28H,1-2H3;2*1-26H. The molecule has 584 valence electrons. The van der Waals surface area contributed by atoms with Crippen molar-refractivity contribution in [3.63, 3.8) is 0 Å². The van der Waals surface area contributed by atoms with Crippen LogP contribution in [0.2, 0.25) is 0 Å². The molecule has 0 amide bonds.